The van der Waals surface area contributed by atoms with Crippen LogP contribution in [-0.4, -0.2) is 35.8 Å². The average Bonchev–Trinajstić information content (AvgIpc) is 2.12. The molecular weight excluding hydrogens is 168 g/mol. The van der Waals surface area contributed by atoms with Crippen LogP contribution in [0.15, 0.2) is 0 Å². The van der Waals surface area contributed by atoms with Crippen LogP contribution in [0.3, 0.4) is 0 Å². The first kappa shape index (κ1) is 9.59. The molecule has 1 aliphatic rings. The van der Waals surface area contributed by atoms with Crippen LogP contribution in [0.4, 0.5) is 0 Å². The van der Waals surface area contributed by atoms with E-state index in [0.29, 0.717) is 13.0 Å². The maximum Gasteiger partial charge on any atom is 0.242 e. The van der Waals surface area contributed by atoms with Crippen LogP contribution in [0.5, 0.6) is 0 Å². The molecule has 13 heavy (non-hydrogen) atoms. The van der Waals surface area contributed by atoms with E-state index in [9.17, 15) is 9.59 Å². The third kappa shape index (κ3) is 2.00. The summed E-state index contributed by atoms with van der Waals surface area (Å²) in [5, 5.41) is 2.51. The summed E-state index contributed by atoms with van der Waals surface area (Å²) in [5.41, 5.74) is 0. The number of hydrogen-bond donors (Lipinski definition) is 1. The molecule has 0 spiro atoms. The Morgan fingerprint density at radius 1 is 1.69 bits per heavy atom. The van der Waals surface area contributed by atoms with Gasteiger partial charge < -0.3 is 10.2 Å². The molecule has 4 nitrogen and oxygen atoms in total. The second-order valence-corrected chi connectivity index (χ2v) is 2.94. The summed E-state index contributed by atoms with van der Waals surface area (Å²) in [5.74, 6) is 2.26. The summed E-state index contributed by atoms with van der Waals surface area (Å²) in [4.78, 5) is 24.0. The van der Waals surface area contributed by atoms with E-state index in [4.69, 9.17) is 6.42 Å². The first-order chi connectivity index (χ1) is 6.16. The fourth-order valence-corrected chi connectivity index (χ4v) is 1.27. The lowest BCUT2D eigenvalue weighted by molar-refractivity contribution is -0.144. The Hall–Kier alpha value is -1.50. The van der Waals surface area contributed by atoms with Gasteiger partial charge in [-0.2, -0.15) is 0 Å². The molecule has 0 aliphatic carbocycles. The Bertz CT molecular complexity index is 267. The van der Waals surface area contributed by atoms with Crippen LogP contribution in [0.2, 0.25) is 0 Å². The third-order valence-corrected chi connectivity index (χ3v) is 2.08. The second kappa shape index (κ2) is 3.94. The van der Waals surface area contributed by atoms with Crippen molar-refractivity contribution < 1.29 is 9.59 Å². The van der Waals surface area contributed by atoms with Gasteiger partial charge in [0.2, 0.25) is 11.8 Å². The summed E-state index contributed by atoms with van der Waals surface area (Å²) in [6.07, 6.45) is 5.57. The van der Waals surface area contributed by atoms with Crippen LogP contribution in [0, 0.1) is 12.3 Å². The van der Waals surface area contributed by atoms with Crippen molar-refractivity contribution >= 4 is 11.8 Å². The SMILES string of the molecule is C#CCCN1C(=O)CNC(=O)C1C. The Morgan fingerprint density at radius 2 is 2.38 bits per heavy atom. The minimum absolute atomic E-state index is 0.0673. The molecule has 0 aromatic carbocycles. The number of hydrogen-bond acceptors (Lipinski definition) is 2. The zero-order valence-corrected chi connectivity index (χ0v) is 7.54. The molecule has 0 aromatic rings. The molecule has 1 fully saturated rings. The normalized spacial score (nSPS) is 22.5. The van der Waals surface area contributed by atoms with E-state index in [1.807, 2.05) is 0 Å². The minimum atomic E-state index is -0.394. The van der Waals surface area contributed by atoms with Crippen molar-refractivity contribution in [1.82, 2.24) is 10.2 Å². The summed E-state index contributed by atoms with van der Waals surface area (Å²) in [7, 11) is 0. The topological polar surface area (TPSA) is 49.4 Å². The summed E-state index contributed by atoms with van der Waals surface area (Å²) < 4.78 is 0. The molecule has 0 radical (unpaired) electrons. The molecular formula is C9H12N2O2. The lowest BCUT2D eigenvalue weighted by Crippen LogP contribution is -2.57. The molecule has 1 saturated heterocycles. The molecule has 70 valence electrons. The molecule has 0 aromatic heterocycles. The van der Waals surface area contributed by atoms with Gasteiger partial charge in [-0.3, -0.25) is 9.59 Å². The van der Waals surface area contributed by atoms with E-state index in [0.717, 1.165) is 0 Å². The largest absolute Gasteiger partial charge is 0.345 e. The van der Waals surface area contributed by atoms with Gasteiger partial charge >= 0.3 is 0 Å². The van der Waals surface area contributed by atoms with Gasteiger partial charge in [-0.1, -0.05) is 0 Å². The lowest BCUT2D eigenvalue weighted by Gasteiger charge is -2.32. The number of terminal acetylenes is 1. The van der Waals surface area contributed by atoms with Crippen molar-refractivity contribution in [2.75, 3.05) is 13.1 Å². The van der Waals surface area contributed by atoms with Crippen molar-refractivity contribution in [2.45, 2.75) is 19.4 Å². The van der Waals surface area contributed by atoms with Crippen molar-refractivity contribution in [1.29, 1.82) is 0 Å². The van der Waals surface area contributed by atoms with Crippen LogP contribution in [-0.2, 0) is 9.59 Å². The maximum atomic E-state index is 11.3. The third-order valence-electron chi connectivity index (χ3n) is 2.08. The van der Waals surface area contributed by atoms with Gasteiger partial charge in [0, 0.05) is 13.0 Å². The molecule has 4 heteroatoms. The monoisotopic (exact) mass is 180 g/mol. The van der Waals surface area contributed by atoms with Gasteiger partial charge in [0.1, 0.15) is 6.04 Å². The number of nitrogens with zero attached hydrogens (tertiary/aromatic N) is 1. The van der Waals surface area contributed by atoms with Crippen LogP contribution in [0.25, 0.3) is 0 Å². The number of carbonyl (C=O) groups is 2. The predicted molar refractivity (Wildman–Crippen MR) is 47.6 cm³/mol. The molecule has 1 heterocycles. The molecule has 1 unspecified atom stereocenters. The molecule has 0 saturated carbocycles. The zero-order valence-electron chi connectivity index (χ0n) is 7.54. The smallest absolute Gasteiger partial charge is 0.242 e. The Labute approximate surface area is 77.3 Å². The van der Waals surface area contributed by atoms with Crippen molar-refractivity contribution in [3.63, 3.8) is 0 Å². The Kier molecular flexibility index (Phi) is 2.91. The quantitative estimate of drug-likeness (QED) is 0.574. The fourth-order valence-electron chi connectivity index (χ4n) is 1.27. The standard InChI is InChI=1S/C9H12N2O2/c1-3-4-5-11-7(2)9(13)10-6-8(11)12/h1,7H,4-6H2,2H3,(H,10,13). The fraction of sp³-hybridized carbons (Fsp3) is 0.556. The van der Waals surface area contributed by atoms with Crippen LogP contribution in [0.1, 0.15) is 13.3 Å². The van der Waals surface area contributed by atoms with Gasteiger partial charge in [-0.05, 0) is 6.92 Å². The van der Waals surface area contributed by atoms with E-state index in [1.165, 1.54) is 4.90 Å². The average molecular weight is 180 g/mol. The zero-order chi connectivity index (χ0) is 9.84. The number of amides is 2. The van der Waals surface area contributed by atoms with Crippen LogP contribution < -0.4 is 5.32 Å². The van der Waals surface area contributed by atoms with Crippen molar-refractivity contribution in [3.8, 4) is 12.3 Å². The van der Waals surface area contributed by atoms with Crippen molar-refractivity contribution in [2.24, 2.45) is 0 Å². The predicted octanol–water partition coefficient (Wildman–Crippen LogP) is -0.643. The first-order valence-electron chi connectivity index (χ1n) is 4.17. The van der Waals surface area contributed by atoms with E-state index in [-0.39, 0.29) is 18.4 Å². The first-order valence-corrected chi connectivity index (χ1v) is 4.17. The molecule has 1 N–H and O–H groups in total. The Balaban J connectivity index is 2.62. The van der Waals surface area contributed by atoms with Gasteiger partial charge in [-0.15, -0.1) is 12.3 Å². The molecule has 2 amide bonds. The highest BCUT2D eigenvalue weighted by Gasteiger charge is 2.29. The van der Waals surface area contributed by atoms with Gasteiger partial charge in [0.05, 0.1) is 6.54 Å². The number of rotatable bonds is 2. The summed E-state index contributed by atoms with van der Waals surface area (Å²) in [6.45, 7) is 2.25. The Morgan fingerprint density at radius 3 is 3.00 bits per heavy atom. The van der Waals surface area contributed by atoms with Gasteiger partial charge in [0.15, 0.2) is 0 Å². The van der Waals surface area contributed by atoms with E-state index in [1.54, 1.807) is 6.92 Å². The van der Waals surface area contributed by atoms with E-state index in [2.05, 4.69) is 11.2 Å². The number of nitrogens with one attached hydrogen (secondary N) is 1. The maximum absolute atomic E-state index is 11.3. The van der Waals surface area contributed by atoms with Crippen molar-refractivity contribution in [3.05, 3.63) is 0 Å². The lowest BCUT2D eigenvalue weighted by atomic mass is 10.2. The summed E-state index contributed by atoms with van der Waals surface area (Å²) in [6, 6.07) is -0.394. The highest BCUT2D eigenvalue weighted by atomic mass is 16.2. The molecule has 1 atom stereocenters. The molecule has 1 rings (SSSR count). The number of carbonyl (C=O) groups excluding carboxylic acids is 2. The summed E-state index contributed by atoms with van der Waals surface area (Å²) >= 11 is 0. The molecule has 1 aliphatic heterocycles. The second-order valence-electron chi connectivity index (χ2n) is 2.94. The minimum Gasteiger partial charge on any atom is -0.345 e. The van der Waals surface area contributed by atoms with E-state index < -0.39 is 6.04 Å². The van der Waals surface area contributed by atoms with Gasteiger partial charge in [-0.25, -0.2) is 0 Å². The van der Waals surface area contributed by atoms with Gasteiger partial charge in [0.25, 0.3) is 0 Å². The molecule has 0 bridgehead atoms. The highest BCUT2D eigenvalue weighted by Crippen LogP contribution is 2.05. The highest BCUT2D eigenvalue weighted by molar-refractivity contribution is 5.94. The van der Waals surface area contributed by atoms with Crippen LogP contribution >= 0.6 is 0 Å². The number of piperazine rings is 1. The van der Waals surface area contributed by atoms with E-state index >= 15 is 0 Å².